The van der Waals surface area contributed by atoms with Crippen LogP contribution in [0.2, 0.25) is 0 Å². The van der Waals surface area contributed by atoms with E-state index in [1.54, 1.807) is 11.2 Å². The van der Waals surface area contributed by atoms with E-state index in [-0.39, 0.29) is 5.75 Å². The van der Waals surface area contributed by atoms with E-state index in [0.717, 1.165) is 51.3 Å². The van der Waals surface area contributed by atoms with Crippen LogP contribution in [0.15, 0.2) is 6.20 Å². The van der Waals surface area contributed by atoms with Gasteiger partial charge in [-0.15, -0.1) is 0 Å². The summed E-state index contributed by atoms with van der Waals surface area (Å²) in [5.41, 5.74) is 1.17. The molecule has 24 heavy (non-hydrogen) atoms. The summed E-state index contributed by atoms with van der Waals surface area (Å²) in [5.74, 6) is 2.18. The van der Waals surface area contributed by atoms with Crippen molar-refractivity contribution in [2.75, 3.05) is 32.1 Å². The molecule has 0 aliphatic carbocycles. The number of aromatic nitrogens is 2. The Hall–Kier alpha value is -0.920. The molecule has 6 nitrogen and oxygen atoms in total. The Morgan fingerprint density at radius 2 is 2.04 bits per heavy atom. The number of rotatable bonds is 5. The van der Waals surface area contributed by atoms with E-state index < -0.39 is 10.0 Å². The van der Waals surface area contributed by atoms with Crippen LogP contribution in [0.4, 0.5) is 0 Å². The molecule has 136 valence electrons. The van der Waals surface area contributed by atoms with Crippen molar-refractivity contribution < 1.29 is 13.2 Å². The first-order valence-electron chi connectivity index (χ1n) is 9.09. The average Bonchev–Trinajstić information content (AvgIpc) is 2.97. The van der Waals surface area contributed by atoms with Crippen molar-refractivity contribution in [2.45, 2.75) is 52.0 Å². The lowest BCUT2D eigenvalue weighted by Gasteiger charge is -2.33. The molecule has 0 amide bonds. The highest BCUT2D eigenvalue weighted by Gasteiger charge is 2.29. The Morgan fingerprint density at radius 3 is 2.75 bits per heavy atom. The average molecular weight is 356 g/mol. The van der Waals surface area contributed by atoms with Gasteiger partial charge in [-0.05, 0) is 45.4 Å². The van der Waals surface area contributed by atoms with Gasteiger partial charge < -0.3 is 9.30 Å². The molecule has 0 aromatic carbocycles. The van der Waals surface area contributed by atoms with Crippen molar-refractivity contribution in [1.29, 1.82) is 0 Å². The van der Waals surface area contributed by atoms with Crippen molar-refractivity contribution in [2.24, 2.45) is 5.92 Å². The molecule has 0 saturated carbocycles. The lowest BCUT2D eigenvalue weighted by Crippen LogP contribution is -2.42. The third-order valence-electron chi connectivity index (χ3n) is 5.35. The minimum absolute atomic E-state index is 0.192. The van der Waals surface area contributed by atoms with Gasteiger partial charge in [-0.2, -0.15) is 0 Å². The van der Waals surface area contributed by atoms with Gasteiger partial charge in [-0.1, -0.05) is 0 Å². The zero-order chi connectivity index (χ0) is 17.2. The highest BCUT2D eigenvalue weighted by atomic mass is 32.2. The number of nitrogens with zero attached hydrogens (tertiary/aromatic N) is 3. The largest absolute Gasteiger partial charge is 0.381 e. The predicted octanol–water partition coefficient (Wildman–Crippen LogP) is 2.15. The molecule has 0 radical (unpaired) electrons. The van der Waals surface area contributed by atoms with Crippen molar-refractivity contribution in [3.05, 3.63) is 17.7 Å². The molecular weight excluding hydrogens is 326 g/mol. The lowest BCUT2D eigenvalue weighted by atomic mass is 9.97. The molecule has 2 fully saturated rings. The van der Waals surface area contributed by atoms with Gasteiger partial charge in [0.1, 0.15) is 5.82 Å². The normalized spacial score (nSPS) is 24.3. The second kappa shape index (κ2) is 7.54. The Balaban J connectivity index is 1.72. The first-order chi connectivity index (χ1) is 11.5. The van der Waals surface area contributed by atoms with E-state index in [4.69, 9.17) is 4.74 Å². The molecule has 2 aliphatic rings. The van der Waals surface area contributed by atoms with Gasteiger partial charge in [-0.3, -0.25) is 0 Å². The van der Waals surface area contributed by atoms with E-state index in [0.29, 0.717) is 24.9 Å². The molecular formula is C17H29N3O3S. The number of hydrogen-bond acceptors (Lipinski definition) is 4. The van der Waals surface area contributed by atoms with Crippen molar-refractivity contribution in [3.63, 3.8) is 0 Å². The van der Waals surface area contributed by atoms with Crippen LogP contribution < -0.4 is 0 Å². The molecule has 2 aliphatic heterocycles. The van der Waals surface area contributed by atoms with E-state index >= 15 is 0 Å². The van der Waals surface area contributed by atoms with E-state index in [2.05, 4.69) is 16.5 Å². The van der Waals surface area contributed by atoms with Crippen LogP contribution >= 0.6 is 0 Å². The first kappa shape index (κ1) is 17.9. The van der Waals surface area contributed by atoms with Gasteiger partial charge in [0.15, 0.2) is 0 Å². The number of piperidine rings is 1. The van der Waals surface area contributed by atoms with Gasteiger partial charge in [0.2, 0.25) is 10.0 Å². The molecule has 7 heteroatoms. The number of sulfonamides is 1. The molecule has 0 spiro atoms. The Morgan fingerprint density at radius 1 is 1.29 bits per heavy atom. The zero-order valence-corrected chi connectivity index (χ0v) is 15.6. The molecule has 1 atom stereocenters. The van der Waals surface area contributed by atoms with E-state index in [9.17, 15) is 8.42 Å². The molecule has 3 heterocycles. The predicted molar refractivity (Wildman–Crippen MR) is 93.5 cm³/mol. The maximum absolute atomic E-state index is 12.2. The third-order valence-corrected chi connectivity index (χ3v) is 7.20. The Bertz CT molecular complexity index is 650. The highest BCUT2D eigenvalue weighted by Crippen LogP contribution is 2.29. The van der Waals surface area contributed by atoms with Crippen LogP contribution in [-0.2, 0) is 21.3 Å². The fraction of sp³-hybridized carbons (Fsp3) is 0.824. The van der Waals surface area contributed by atoms with Crippen LogP contribution in [0.3, 0.4) is 0 Å². The van der Waals surface area contributed by atoms with Crippen molar-refractivity contribution in [1.82, 2.24) is 13.9 Å². The van der Waals surface area contributed by atoms with Gasteiger partial charge in [0.05, 0.1) is 5.75 Å². The molecule has 0 N–H and O–H groups in total. The highest BCUT2D eigenvalue weighted by molar-refractivity contribution is 7.89. The smallest absolute Gasteiger partial charge is 0.213 e. The summed E-state index contributed by atoms with van der Waals surface area (Å²) in [6, 6.07) is 0. The first-order valence-corrected chi connectivity index (χ1v) is 10.7. The second-order valence-corrected chi connectivity index (χ2v) is 9.28. The van der Waals surface area contributed by atoms with Gasteiger partial charge in [0.25, 0.3) is 0 Å². The molecule has 1 aromatic heterocycles. The Labute approximate surface area is 145 Å². The number of aryl methyl sites for hydroxylation is 1. The third kappa shape index (κ3) is 3.83. The minimum atomic E-state index is -3.08. The van der Waals surface area contributed by atoms with Crippen molar-refractivity contribution >= 4 is 10.0 Å². The fourth-order valence-corrected chi connectivity index (χ4v) is 5.08. The Kier molecular flexibility index (Phi) is 5.62. The summed E-state index contributed by atoms with van der Waals surface area (Å²) in [6.07, 6.45) is 6.04. The van der Waals surface area contributed by atoms with E-state index in [1.807, 2.05) is 6.20 Å². The van der Waals surface area contributed by atoms with Crippen LogP contribution in [-0.4, -0.2) is 54.3 Å². The number of ether oxygens (including phenoxy) is 1. The number of imidazole rings is 1. The number of hydrogen-bond donors (Lipinski definition) is 0. The summed E-state index contributed by atoms with van der Waals surface area (Å²) in [5, 5.41) is 0. The minimum Gasteiger partial charge on any atom is -0.381 e. The molecule has 1 unspecified atom stereocenters. The maximum atomic E-state index is 12.2. The van der Waals surface area contributed by atoms with Crippen LogP contribution in [0.1, 0.15) is 50.0 Å². The molecule has 1 aromatic rings. The molecule has 2 saturated heterocycles. The summed E-state index contributed by atoms with van der Waals surface area (Å²) < 4.78 is 33.8. The summed E-state index contributed by atoms with van der Waals surface area (Å²) >= 11 is 0. The standard InChI is InChI=1S/C17H29N3O3S/c1-3-24(21,22)19-8-4-5-15(12-19)13-20-14(2)11-18-17(20)16-6-9-23-10-7-16/h11,15-16H,3-10,12-13H2,1-2H3. The quantitative estimate of drug-likeness (QED) is 0.812. The zero-order valence-electron chi connectivity index (χ0n) is 14.8. The fourth-order valence-electron chi connectivity index (χ4n) is 3.87. The SMILES string of the molecule is CCS(=O)(=O)N1CCCC(Cn2c(C)cnc2C2CCOCC2)C1. The lowest BCUT2D eigenvalue weighted by molar-refractivity contribution is 0.0824. The molecule has 3 rings (SSSR count). The van der Waals surface area contributed by atoms with Gasteiger partial charge >= 0.3 is 0 Å². The molecule has 0 bridgehead atoms. The van der Waals surface area contributed by atoms with Gasteiger partial charge in [-0.25, -0.2) is 17.7 Å². The summed E-state index contributed by atoms with van der Waals surface area (Å²) in [4.78, 5) is 4.66. The van der Waals surface area contributed by atoms with Crippen molar-refractivity contribution in [3.8, 4) is 0 Å². The maximum Gasteiger partial charge on any atom is 0.213 e. The van der Waals surface area contributed by atoms with Crippen LogP contribution in [0.5, 0.6) is 0 Å². The second-order valence-electron chi connectivity index (χ2n) is 7.02. The summed E-state index contributed by atoms with van der Waals surface area (Å²) in [6.45, 7) is 7.62. The van der Waals surface area contributed by atoms with Crippen LogP contribution in [0, 0.1) is 12.8 Å². The van der Waals surface area contributed by atoms with E-state index in [1.165, 1.54) is 5.69 Å². The van der Waals surface area contributed by atoms with Crippen LogP contribution in [0.25, 0.3) is 0 Å². The topological polar surface area (TPSA) is 64.4 Å². The monoisotopic (exact) mass is 355 g/mol. The summed E-state index contributed by atoms with van der Waals surface area (Å²) in [7, 11) is -3.08. The van der Waals surface area contributed by atoms with Gasteiger partial charge in [0, 0.05) is 50.7 Å².